The summed E-state index contributed by atoms with van der Waals surface area (Å²) in [5, 5.41) is 2.98. The lowest BCUT2D eigenvalue weighted by atomic mass is 10.1. The topological polar surface area (TPSA) is 61.8 Å². The Kier molecular flexibility index (Phi) is 6.18. The van der Waals surface area contributed by atoms with Gasteiger partial charge < -0.3 is 5.32 Å². The van der Waals surface area contributed by atoms with Crippen LogP contribution in [-0.4, -0.2) is 22.2 Å². The first kappa shape index (κ1) is 20.9. The summed E-state index contributed by atoms with van der Waals surface area (Å²) in [4.78, 5) is 32.3. The molecule has 31 heavy (non-hydrogen) atoms. The van der Waals surface area contributed by atoms with E-state index in [4.69, 9.17) is 0 Å². The van der Waals surface area contributed by atoms with Gasteiger partial charge in [0.2, 0.25) is 11.8 Å². The van der Waals surface area contributed by atoms with Gasteiger partial charge in [-0.15, -0.1) is 0 Å². The van der Waals surface area contributed by atoms with E-state index in [0.717, 1.165) is 28.2 Å². The maximum atomic E-state index is 13.3. The Morgan fingerprint density at radius 1 is 1.00 bits per heavy atom. The van der Waals surface area contributed by atoms with Crippen molar-refractivity contribution in [2.75, 3.05) is 10.2 Å². The van der Waals surface area contributed by atoms with E-state index in [-0.39, 0.29) is 18.2 Å². The molecule has 1 saturated heterocycles. The fourth-order valence-corrected chi connectivity index (χ4v) is 4.58. The van der Waals surface area contributed by atoms with Gasteiger partial charge in [0, 0.05) is 12.1 Å². The number of amidine groups is 1. The van der Waals surface area contributed by atoms with Gasteiger partial charge in [0.05, 0.1) is 11.4 Å². The van der Waals surface area contributed by atoms with Crippen molar-refractivity contribution < 1.29 is 9.59 Å². The van der Waals surface area contributed by atoms with E-state index in [1.807, 2.05) is 92.7 Å². The molecule has 1 aliphatic heterocycles. The number of aryl methyl sites for hydroxylation is 2. The van der Waals surface area contributed by atoms with Crippen LogP contribution in [0, 0.1) is 13.8 Å². The van der Waals surface area contributed by atoms with E-state index in [2.05, 4.69) is 10.3 Å². The molecule has 0 bridgehead atoms. The van der Waals surface area contributed by atoms with Crippen LogP contribution in [0.3, 0.4) is 0 Å². The molecule has 4 rings (SSSR count). The van der Waals surface area contributed by atoms with Gasteiger partial charge in [-0.1, -0.05) is 65.9 Å². The van der Waals surface area contributed by atoms with Gasteiger partial charge in [-0.2, -0.15) is 0 Å². The van der Waals surface area contributed by atoms with Gasteiger partial charge in [0.15, 0.2) is 5.17 Å². The molecule has 1 N–H and O–H groups in total. The Balaban J connectivity index is 1.56. The van der Waals surface area contributed by atoms with Crippen LogP contribution in [0.4, 0.5) is 17.1 Å². The molecule has 3 aromatic rings. The first-order chi connectivity index (χ1) is 15.0. The highest BCUT2D eigenvalue weighted by Gasteiger charge is 2.40. The Morgan fingerprint density at radius 3 is 2.35 bits per heavy atom. The molecular formula is C25H23N3O2S. The molecule has 1 aliphatic rings. The molecule has 6 heteroatoms. The quantitative estimate of drug-likeness (QED) is 0.585. The van der Waals surface area contributed by atoms with Crippen molar-refractivity contribution in [2.24, 2.45) is 4.99 Å². The molecule has 0 aliphatic carbocycles. The second-order valence-electron chi connectivity index (χ2n) is 7.42. The standard InChI is InChI=1S/C25H23N3O2S/c1-17-13-14-21(18(2)15-17)27-23(29)16-22-24(30)28(20-11-7-4-8-12-20)25(31-22)26-19-9-5-3-6-10-19/h3-15,22H,16H2,1-2H3,(H,27,29). The van der Waals surface area contributed by atoms with E-state index in [9.17, 15) is 9.59 Å². The number of carbonyl (C=O) groups excluding carboxylic acids is 2. The van der Waals surface area contributed by atoms with E-state index < -0.39 is 5.25 Å². The summed E-state index contributed by atoms with van der Waals surface area (Å²) in [5.74, 6) is -0.326. The molecule has 0 spiro atoms. The van der Waals surface area contributed by atoms with E-state index >= 15 is 0 Å². The minimum Gasteiger partial charge on any atom is -0.326 e. The van der Waals surface area contributed by atoms with Crippen LogP contribution in [0.15, 0.2) is 83.9 Å². The van der Waals surface area contributed by atoms with Crippen molar-refractivity contribution in [3.05, 3.63) is 90.0 Å². The zero-order valence-corrected chi connectivity index (χ0v) is 18.2. The van der Waals surface area contributed by atoms with Crippen molar-refractivity contribution in [3.63, 3.8) is 0 Å². The van der Waals surface area contributed by atoms with Gasteiger partial charge in [-0.3, -0.25) is 14.5 Å². The number of thioether (sulfide) groups is 1. The summed E-state index contributed by atoms with van der Waals surface area (Å²) in [5.41, 5.74) is 4.41. The number of nitrogens with zero attached hydrogens (tertiary/aromatic N) is 2. The third kappa shape index (κ3) is 4.86. The summed E-state index contributed by atoms with van der Waals surface area (Å²) in [7, 11) is 0. The monoisotopic (exact) mass is 429 g/mol. The summed E-state index contributed by atoms with van der Waals surface area (Å²) < 4.78 is 0. The lowest BCUT2D eigenvalue weighted by molar-refractivity contribution is -0.121. The second-order valence-corrected chi connectivity index (χ2v) is 8.59. The molecular weight excluding hydrogens is 406 g/mol. The maximum Gasteiger partial charge on any atom is 0.247 e. The molecule has 1 heterocycles. The number of hydrogen-bond donors (Lipinski definition) is 1. The average Bonchev–Trinajstić information content (AvgIpc) is 3.06. The van der Waals surface area contributed by atoms with E-state index in [0.29, 0.717) is 5.17 Å². The Bertz CT molecular complexity index is 1130. The lowest BCUT2D eigenvalue weighted by Gasteiger charge is -2.16. The summed E-state index contributed by atoms with van der Waals surface area (Å²) >= 11 is 1.33. The average molecular weight is 430 g/mol. The van der Waals surface area contributed by atoms with Gasteiger partial charge >= 0.3 is 0 Å². The highest BCUT2D eigenvalue weighted by atomic mass is 32.2. The van der Waals surface area contributed by atoms with Crippen LogP contribution in [0.25, 0.3) is 0 Å². The van der Waals surface area contributed by atoms with Crippen molar-refractivity contribution in [2.45, 2.75) is 25.5 Å². The summed E-state index contributed by atoms with van der Waals surface area (Å²) in [6.07, 6.45) is 0.0773. The molecule has 156 valence electrons. The van der Waals surface area contributed by atoms with Crippen molar-refractivity contribution in [1.29, 1.82) is 0 Å². The maximum absolute atomic E-state index is 13.3. The largest absolute Gasteiger partial charge is 0.326 e. The number of aliphatic imine (C=N–C) groups is 1. The fourth-order valence-electron chi connectivity index (χ4n) is 3.43. The number of rotatable bonds is 5. The normalized spacial score (nSPS) is 17.2. The lowest BCUT2D eigenvalue weighted by Crippen LogP contribution is -2.33. The SMILES string of the molecule is Cc1ccc(NC(=O)CC2SC(=Nc3ccccc3)N(c3ccccc3)C2=O)c(C)c1. The third-order valence-corrected chi connectivity index (χ3v) is 6.09. The van der Waals surface area contributed by atoms with Crippen LogP contribution in [0.2, 0.25) is 0 Å². The first-order valence-electron chi connectivity index (χ1n) is 10.1. The molecule has 1 unspecified atom stereocenters. The number of amides is 2. The number of hydrogen-bond acceptors (Lipinski definition) is 4. The molecule has 1 atom stereocenters. The molecule has 3 aromatic carbocycles. The van der Waals surface area contributed by atoms with Gasteiger partial charge in [0.1, 0.15) is 5.25 Å². The zero-order chi connectivity index (χ0) is 21.8. The molecule has 0 radical (unpaired) electrons. The number of anilines is 2. The van der Waals surface area contributed by atoms with Crippen LogP contribution < -0.4 is 10.2 Å². The summed E-state index contributed by atoms with van der Waals surface area (Å²) in [6.45, 7) is 3.97. The highest BCUT2D eigenvalue weighted by Crippen LogP contribution is 2.35. The van der Waals surface area contributed by atoms with Gasteiger partial charge in [-0.25, -0.2) is 4.99 Å². The Labute approximate surface area is 186 Å². The molecule has 1 fully saturated rings. The highest BCUT2D eigenvalue weighted by molar-refractivity contribution is 8.16. The van der Waals surface area contributed by atoms with Gasteiger partial charge in [0.25, 0.3) is 0 Å². The van der Waals surface area contributed by atoms with Gasteiger partial charge in [-0.05, 0) is 49.7 Å². The van der Waals surface area contributed by atoms with Crippen molar-refractivity contribution >= 4 is 45.8 Å². The van der Waals surface area contributed by atoms with Crippen LogP contribution in [-0.2, 0) is 9.59 Å². The third-order valence-electron chi connectivity index (χ3n) is 4.96. The first-order valence-corrected chi connectivity index (χ1v) is 11.0. The molecule has 5 nitrogen and oxygen atoms in total. The van der Waals surface area contributed by atoms with Crippen LogP contribution >= 0.6 is 11.8 Å². The Hall–Kier alpha value is -3.38. The van der Waals surface area contributed by atoms with Crippen molar-refractivity contribution in [1.82, 2.24) is 0 Å². The zero-order valence-electron chi connectivity index (χ0n) is 17.4. The second kappa shape index (κ2) is 9.18. The predicted octanol–water partition coefficient (Wildman–Crippen LogP) is 5.47. The molecule has 0 aromatic heterocycles. The summed E-state index contributed by atoms with van der Waals surface area (Å²) in [6, 6.07) is 24.8. The van der Waals surface area contributed by atoms with Crippen molar-refractivity contribution in [3.8, 4) is 0 Å². The number of carbonyl (C=O) groups is 2. The minimum absolute atomic E-state index is 0.0773. The van der Waals surface area contributed by atoms with Crippen LogP contribution in [0.1, 0.15) is 17.5 Å². The number of benzene rings is 3. The molecule has 2 amide bonds. The molecule has 0 saturated carbocycles. The Morgan fingerprint density at radius 2 is 1.68 bits per heavy atom. The predicted molar refractivity (Wildman–Crippen MR) is 128 cm³/mol. The van der Waals surface area contributed by atoms with E-state index in [1.165, 1.54) is 11.8 Å². The number of nitrogens with one attached hydrogen (secondary N) is 1. The fraction of sp³-hybridized carbons (Fsp3) is 0.160. The smallest absolute Gasteiger partial charge is 0.247 e. The number of para-hydroxylation sites is 2. The van der Waals surface area contributed by atoms with E-state index in [1.54, 1.807) is 4.90 Å². The van der Waals surface area contributed by atoms with Crippen LogP contribution in [0.5, 0.6) is 0 Å². The minimum atomic E-state index is -0.534.